The van der Waals surface area contributed by atoms with E-state index in [0.717, 1.165) is 31.8 Å². The molecule has 0 aliphatic carbocycles. The summed E-state index contributed by atoms with van der Waals surface area (Å²) in [5.41, 5.74) is 0.545. The van der Waals surface area contributed by atoms with E-state index >= 15 is 0 Å². The van der Waals surface area contributed by atoms with Gasteiger partial charge in [0.15, 0.2) is 12.4 Å². The molecule has 0 radical (unpaired) electrons. The molecule has 0 atom stereocenters. The van der Waals surface area contributed by atoms with E-state index in [1.54, 1.807) is 31.4 Å². The molecule has 30 heavy (non-hydrogen) atoms. The number of hydrogen-bond donors (Lipinski definition) is 0. The van der Waals surface area contributed by atoms with Gasteiger partial charge in [0, 0.05) is 38.2 Å². The van der Waals surface area contributed by atoms with Gasteiger partial charge in [-0.05, 0) is 61.5 Å². The Balaban J connectivity index is 1.33. The van der Waals surface area contributed by atoms with E-state index < -0.39 is 0 Å². The van der Waals surface area contributed by atoms with Crippen molar-refractivity contribution in [3.8, 4) is 11.5 Å². The summed E-state index contributed by atoms with van der Waals surface area (Å²) in [6.45, 7) is 3.67. The Kier molecular flexibility index (Phi) is 7.79. The molecule has 1 amide bonds. The molecule has 2 aromatic rings. The van der Waals surface area contributed by atoms with Crippen LogP contribution in [0.5, 0.6) is 11.5 Å². The number of nitrogens with zero attached hydrogens (tertiary/aromatic N) is 2. The van der Waals surface area contributed by atoms with Crippen LogP contribution in [0.4, 0.5) is 4.39 Å². The highest BCUT2D eigenvalue weighted by Gasteiger charge is 2.21. The molecule has 1 aliphatic rings. The maximum atomic E-state index is 12.9. The summed E-state index contributed by atoms with van der Waals surface area (Å²) in [5, 5.41) is 0. The Morgan fingerprint density at radius 2 is 1.57 bits per heavy atom. The highest BCUT2D eigenvalue weighted by Crippen LogP contribution is 2.17. The number of Topliss-reactive ketones (excluding diaryl/α,β-unsaturated/α-hetero) is 1. The van der Waals surface area contributed by atoms with Gasteiger partial charge in [0.25, 0.3) is 5.91 Å². The Hall–Kier alpha value is -2.93. The summed E-state index contributed by atoms with van der Waals surface area (Å²) in [4.78, 5) is 28.6. The number of halogens is 1. The SMILES string of the molecule is COc1ccc(OCC(=O)N2CCN(CCCC(=O)c3ccc(F)cc3)CC2)cc1. The lowest BCUT2D eigenvalue weighted by Crippen LogP contribution is -2.50. The van der Waals surface area contributed by atoms with E-state index in [-0.39, 0.29) is 24.1 Å². The number of rotatable bonds is 9. The average molecular weight is 414 g/mol. The van der Waals surface area contributed by atoms with Crippen LogP contribution in [0.15, 0.2) is 48.5 Å². The third-order valence-corrected chi connectivity index (χ3v) is 5.19. The first-order valence-electron chi connectivity index (χ1n) is 10.1. The molecule has 160 valence electrons. The summed E-state index contributed by atoms with van der Waals surface area (Å²) in [7, 11) is 1.60. The molecule has 6 nitrogen and oxygen atoms in total. The van der Waals surface area contributed by atoms with Gasteiger partial charge in [0.05, 0.1) is 7.11 Å². The summed E-state index contributed by atoms with van der Waals surface area (Å²) >= 11 is 0. The lowest BCUT2D eigenvalue weighted by atomic mass is 10.1. The second kappa shape index (κ2) is 10.7. The predicted octanol–water partition coefficient (Wildman–Crippen LogP) is 3.02. The smallest absolute Gasteiger partial charge is 0.260 e. The number of carbonyl (C=O) groups excluding carboxylic acids is 2. The molecular formula is C23H27FN2O4. The van der Waals surface area contributed by atoms with Crippen molar-refractivity contribution < 1.29 is 23.5 Å². The number of benzene rings is 2. The van der Waals surface area contributed by atoms with Crippen molar-refractivity contribution in [3.63, 3.8) is 0 Å². The maximum Gasteiger partial charge on any atom is 0.260 e. The van der Waals surface area contributed by atoms with Crippen LogP contribution in [-0.4, -0.2) is 67.9 Å². The first-order chi connectivity index (χ1) is 14.5. The monoisotopic (exact) mass is 414 g/mol. The van der Waals surface area contributed by atoms with Gasteiger partial charge in [-0.15, -0.1) is 0 Å². The third-order valence-electron chi connectivity index (χ3n) is 5.19. The number of ketones is 1. The van der Waals surface area contributed by atoms with E-state index in [2.05, 4.69) is 4.90 Å². The van der Waals surface area contributed by atoms with Gasteiger partial charge in [0.1, 0.15) is 17.3 Å². The van der Waals surface area contributed by atoms with Crippen LogP contribution in [0.1, 0.15) is 23.2 Å². The van der Waals surface area contributed by atoms with E-state index in [9.17, 15) is 14.0 Å². The fourth-order valence-electron chi connectivity index (χ4n) is 3.37. The molecule has 7 heteroatoms. The van der Waals surface area contributed by atoms with Gasteiger partial charge < -0.3 is 14.4 Å². The minimum Gasteiger partial charge on any atom is -0.497 e. The van der Waals surface area contributed by atoms with Crippen LogP contribution in [0.25, 0.3) is 0 Å². The highest BCUT2D eigenvalue weighted by atomic mass is 19.1. The van der Waals surface area contributed by atoms with Gasteiger partial charge in [-0.2, -0.15) is 0 Å². The van der Waals surface area contributed by atoms with Crippen LogP contribution in [0, 0.1) is 5.82 Å². The number of piperazine rings is 1. The molecule has 1 heterocycles. The lowest BCUT2D eigenvalue weighted by molar-refractivity contribution is -0.135. The number of methoxy groups -OCH3 is 1. The van der Waals surface area contributed by atoms with Crippen LogP contribution in [-0.2, 0) is 4.79 Å². The molecule has 1 saturated heterocycles. The molecule has 0 saturated carbocycles. The van der Waals surface area contributed by atoms with Crippen molar-refractivity contribution >= 4 is 11.7 Å². The summed E-state index contributed by atoms with van der Waals surface area (Å²) in [6.07, 6.45) is 1.17. The Labute approximate surface area is 176 Å². The molecular weight excluding hydrogens is 387 g/mol. The van der Waals surface area contributed by atoms with Crippen LogP contribution in [0.3, 0.4) is 0 Å². The van der Waals surface area contributed by atoms with E-state index in [0.29, 0.717) is 30.8 Å². The second-order valence-corrected chi connectivity index (χ2v) is 7.22. The maximum absolute atomic E-state index is 12.9. The molecule has 1 fully saturated rings. The van der Waals surface area contributed by atoms with Gasteiger partial charge in [-0.3, -0.25) is 14.5 Å². The van der Waals surface area contributed by atoms with E-state index in [1.807, 2.05) is 4.90 Å². The molecule has 1 aliphatic heterocycles. The average Bonchev–Trinajstić information content (AvgIpc) is 2.78. The van der Waals surface area contributed by atoms with Crippen molar-refractivity contribution in [3.05, 3.63) is 59.9 Å². The van der Waals surface area contributed by atoms with Gasteiger partial charge in [0.2, 0.25) is 0 Å². The fraction of sp³-hybridized carbons (Fsp3) is 0.391. The van der Waals surface area contributed by atoms with Crippen LogP contribution in [0.2, 0.25) is 0 Å². The standard InChI is InChI=1S/C23H27FN2O4/c1-29-20-8-10-21(11-9-20)30-17-23(28)26-15-13-25(14-16-26)12-2-3-22(27)18-4-6-19(24)7-5-18/h4-11H,2-3,12-17H2,1H3. The van der Waals surface area contributed by atoms with Crippen molar-refractivity contribution in [2.45, 2.75) is 12.8 Å². The largest absolute Gasteiger partial charge is 0.497 e. The predicted molar refractivity (Wildman–Crippen MR) is 111 cm³/mol. The first kappa shape index (κ1) is 21.8. The van der Waals surface area contributed by atoms with Crippen molar-refractivity contribution in [1.82, 2.24) is 9.80 Å². The van der Waals surface area contributed by atoms with Crippen LogP contribution < -0.4 is 9.47 Å². The zero-order valence-corrected chi connectivity index (χ0v) is 17.2. The fourth-order valence-corrected chi connectivity index (χ4v) is 3.37. The van der Waals surface area contributed by atoms with E-state index in [1.165, 1.54) is 24.3 Å². The third kappa shape index (κ3) is 6.29. The van der Waals surface area contributed by atoms with Gasteiger partial charge >= 0.3 is 0 Å². The zero-order valence-electron chi connectivity index (χ0n) is 17.2. The van der Waals surface area contributed by atoms with Crippen molar-refractivity contribution in [1.29, 1.82) is 0 Å². The Morgan fingerprint density at radius 3 is 2.20 bits per heavy atom. The Morgan fingerprint density at radius 1 is 0.933 bits per heavy atom. The van der Waals surface area contributed by atoms with Gasteiger partial charge in [-0.1, -0.05) is 0 Å². The highest BCUT2D eigenvalue weighted by molar-refractivity contribution is 5.95. The number of hydrogen-bond acceptors (Lipinski definition) is 5. The molecule has 3 rings (SSSR count). The molecule has 2 aromatic carbocycles. The minimum absolute atomic E-state index is 0.0124. The van der Waals surface area contributed by atoms with Crippen molar-refractivity contribution in [2.75, 3.05) is 46.4 Å². The normalized spacial score (nSPS) is 14.4. The molecule has 0 bridgehead atoms. The van der Waals surface area contributed by atoms with Crippen molar-refractivity contribution in [2.24, 2.45) is 0 Å². The zero-order chi connectivity index (χ0) is 21.3. The quantitative estimate of drug-likeness (QED) is 0.591. The summed E-state index contributed by atoms with van der Waals surface area (Å²) in [6, 6.07) is 12.8. The first-order valence-corrected chi connectivity index (χ1v) is 10.1. The number of ether oxygens (including phenoxy) is 2. The van der Waals surface area contributed by atoms with Gasteiger partial charge in [-0.25, -0.2) is 4.39 Å². The molecule has 0 spiro atoms. The summed E-state index contributed by atoms with van der Waals surface area (Å²) < 4.78 is 23.6. The minimum atomic E-state index is -0.339. The number of carbonyl (C=O) groups is 2. The lowest BCUT2D eigenvalue weighted by Gasteiger charge is -2.34. The Bertz CT molecular complexity index is 831. The molecule has 0 aromatic heterocycles. The molecule has 0 unspecified atom stereocenters. The molecule has 0 N–H and O–H groups in total. The topological polar surface area (TPSA) is 59.1 Å². The summed E-state index contributed by atoms with van der Waals surface area (Å²) in [5.74, 6) is 1.03. The second-order valence-electron chi connectivity index (χ2n) is 7.22. The van der Waals surface area contributed by atoms with Crippen LogP contribution >= 0.6 is 0 Å². The van der Waals surface area contributed by atoms with E-state index in [4.69, 9.17) is 9.47 Å². The number of amides is 1.